The molecule has 0 N–H and O–H groups in total. The number of anilines is 1. The highest BCUT2D eigenvalue weighted by Gasteiger charge is 2.51. The molecule has 21 heavy (non-hydrogen) atoms. The molecule has 2 amide bonds. The zero-order chi connectivity index (χ0) is 15.2. The second kappa shape index (κ2) is 4.95. The Hall–Kier alpha value is -1.68. The van der Waals surface area contributed by atoms with Gasteiger partial charge < -0.3 is 0 Å². The van der Waals surface area contributed by atoms with E-state index in [1.807, 2.05) is 30.3 Å². The van der Waals surface area contributed by atoms with E-state index >= 15 is 0 Å². The van der Waals surface area contributed by atoms with Crippen molar-refractivity contribution in [3.63, 3.8) is 0 Å². The van der Waals surface area contributed by atoms with Crippen LogP contribution in [0.15, 0.2) is 41.6 Å². The summed E-state index contributed by atoms with van der Waals surface area (Å²) in [4.78, 5) is 26.6. The van der Waals surface area contributed by atoms with Crippen LogP contribution in [-0.2, 0) is 9.59 Å². The Kier molecular flexibility index (Phi) is 3.36. The number of rotatable bonds is 2. The molecule has 2 unspecified atom stereocenters. The van der Waals surface area contributed by atoms with Crippen LogP contribution < -0.4 is 4.90 Å². The first kappa shape index (κ1) is 14.3. The molecular weight excluding hydrogens is 278 g/mol. The Morgan fingerprint density at radius 1 is 1.00 bits per heavy atom. The van der Waals surface area contributed by atoms with Gasteiger partial charge in [-0.15, -0.1) is 0 Å². The third-order valence-electron chi connectivity index (χ3n) is 4.18. The van der Waals surface area contributed by atoms with E-state index in [2.05, 4.69) is 25.3 Å². The highest BCUT2D eigenvalue weighted by Crippen LogP contribution is 2.44. The number of benzene rings is 1. The summed E-state index contributed by atoms with van der Waals surface area (Å²) in [5.74, 6) is -0.314. The van der Waals surface area contributed by atoms with Crippen molar-refractivity contribution in [3.05, 3.63) is 41.6 Å². The van der Waals surface area contributed by atoms with Crippen molar-refractivity contribution in [1.82, 2.24) is 0 Å². The molecule has 2 aliphatic rings. The van der Waals surface area contributed by atoms with E-state index in [9.17, 15) is 9.59 Å². The Morgan fingerprint density at radius 2 is 1.52 bits per heavy atom. The quantitative estimate of drug-likeness (QED) is 0.620. The predicted molar refractivity (Wildman–Crippen MR) is 86.6 cm³/mol. The number of allylic oxidation sites excluding steroid dienone is 1. The average molecular weight is 299 g/mol. The van der Waals surface area contributed by atoms with Crippen molar-refractivity contribution in [2.45, 2.75) is 32.5 Å². The Morgan fingerprint density at radius 3 is 2.00 bits per heavy atom. The topological polar surface area (TPSA) is 37.4 Å². The molecular formula is C17H21NO2Si. The zero-order valence-corrected chi connectivity index (χ0v) is 13.8. The molecule has 1 aromatic carbocycles. The third kappa shape index (κ3) is 2.60. The molecule has 1 aromatic rings. The first-order valence-corrected chi connectivity index (χ1v) is 11.1. The summed E-state index contributed by atoms with van der Waals surface area (Å²) in [7, 11) is -1.29. The van der Waals surface area contributed by atoms with Crippen LogP contribution in [0.4, 0.5) is 5.69 Å². The number of hydrogen-bond acceptors (Lipinski definition) is 2. The van der Waals surface area contributed by atoms with E-state index in [0.29, 0.717) is 5.69 Å². The Bertz CT molecular complexity index is 589. The van der Waals surface area contributed by atoms with Gasteiger partial charge in [0.2, 0.25) is 11.8 Å². The average Bonchev–Trinajstić information content (AvgIpc) is 2.89. The van der Waals surface area contributed by atoms with Gasteiger partial charge in [0.25, 0.3) is 0 Å². The van der Waals surface area contributed by atoms with Crippen LogP contribution in [0.3, 0.4) is 0 Å². The van der Waals surface area contributed by atoms with Gasteiger partial charge in [-0.3, -0.25) is 14.5 Å². The second-order valence-corrected chi connectivity index (χ2v) is 12.2. The van der Waals surface area contributed by atoms with E-state index in [-0.39, 0.29) is 23.7 Å². The van der Waals surface area contributed by atoms with Gasteiger partial charge in [0.15, 0.2) is 0 Å². The summed E-state index contributed by atoms with van der Waals surface area (Å²) < 4.78 is 0. The van der Waals surface area contributed by atoms with Gasteiger partial charge in [-0.1, -0.05) is 49.1 Å². The second-order valence-electron chi connectivity index (χ2n) is 7.14. The van der Waals surface area contributed by atoms with Crippen LogP contribution in [0.1, 0.15) is 12.8 Å². The van der Waals surface area contributed by atoms with Crippen molar-refractivity contribution in [3.8, 4) is 0 Å². The number of nitrogens with zero attached hydrogens (tertiary/aromatic N) is 1. The van der Waals surface area contributed by atoms with E-state index in [4.69, 9.17) is 0 Å². The zero-order valence-electron chi connectivity index (χ0n) is 12.8. The lowest BCUT2D eigenvalue weighted by Crippen LogP contribution is -2.31. The number of imide groups is 1. The van der Waals surface area contributed by atoms with Gasteiger partial charge in [-0.05, 0) is 25.0 Å². The van der Waals surface area contributed by atoms with Crippen LogP contribution in [0.2, 0.25) is 19.6 Å². The highest BCUT2D eigenvalue weighted by atomic mass is 28.3. The number of carbonyl (C=O) groups is 2. The minimum absolute atomic E-state index is 0.0184. The standard InChI is InChI=1S/C17H21NO2Si/c1-21(2,3)11-12-9-14-15(10-12)17(20)18(16(14)19)13-7-5-4-6-8-13/h4-8,11,14-15H,9-10H2,1-3H3. The molecule has 3 rings (SSSR count). The van der Waals surface area contributed by atoms with Gasteiger partial charge in [0.05, 0.1) is 25.6 Å². The summed E-state index contributed by atoms with van der Waals surface area (Å²) in [6, 6.07) is 9.27. The fraction of sp³-hybridized carbons (Fsp3) is 0.412. The lowest BCUT2D eigenvalue weighted by Gasteiger charge is -2.17. The lowest BCUT2D eigenvalue weighted by atomic mass is 10.00. The van der Waals surface area contributed by atoms with Crippen LogP contribution in [0, 0.1) is 11.8 Å². The molecule has 1 saturated heterocycles. The molecule has 3 nitrogen and oxygen atoms in total. The molecule has 1 heterocycles. The molecule has 110 valence electrons. The molecule has 0 radical (unpaired) electrons. The highest BCUT2D eigenvalue weighted by molar-refractivity contribution is 6.81. The van der Waals surface area contributed by atoms with Crippen molar-refractivity contribution in [1.29, 1.82) is 0 Å². The minimum atomic E-state index is -1.29. The normalized spacial score (nSPS) is 25.5. The maximum Gasteiger partial charge on any atom is 0.238 e. The van der Waals surface area contributed by atoms with E-state index in [1.165, 1.54) is 10.5 Å². The molecule has 1 aliphatic carbocycles. The van der Waals surface area contributed by atoms with Gasteiger partial charge in [-0.2, -0.15) is 0 Å². The van der Waals surface area contributed by atoms with Crippen molar-refractivity contribution < 1.29 is 9.59 Å². The van der Waals surface area contributed by atoms with Crippen LogP contribution in [-0.4, -0.2) is 19.9 Å². The van der Waals surface area contributed by atoms with E-state index in [0.717, 1.165) is 12.8 Å². The summed E-state index contributed by atoms with van der Waals surface area (Å²) >= 11 is 0. The van der Waals surface area contributed by atoms with Crippen molar-refractivity contribution in [2.75, 3.05) is 4.90 Å². The molecule has 1 aliphatic heterocycles. The maximum atomic E-state index is 12.6. The molecule has 0 spiro atoms. The number of carbonyl (C=O) groups excluding carboxylic acids is 2. The third-order valence-corrected chi connectivity index (χ3v) is 5.45. The first-order valence-electron chi connectivity index (χ1n) is 7.50. The number of amides is 2. The largest absolute Gasteiger partial charge is 0.274 e. The number of fused-ring (bicyclic) bond motifs is 1. The SMILES string of the molecule is C[Si](C)(C)C=C1CC2C(=O)N(c3ccccc3)C(=O)C2C1. The molecule has 0 bridgehead atoms. The van der Waals surface area contributed by atoms with Crippen molar-refractivity contribution in [2.24, 2.45) is 11.8 Å². The molecule has 4 heteroatoms. The van der Waals surface area contributed by atoms with Crippen LogP contribution in [0.5, 0.6) is 0 Å². The smallest absolute Gasteiger partial charge is 0.238 e. The first-order chi connectivity index (χ1) is 9.87. The van der Waals surface area contributed by atoms with Crippen molar-refractivity contribution >= 4 is 25.6 Å². The summed E-state index contributed by atoms with van der Waals surface area (Å²) in [6.45, 7) is 6.86. The summed E-state index contributed by atoms with van der Waals surface area (Å²) in [5.41, 5.74) is 4.38. The maximum absolute atomic E-state index is 12.6. The van der Waals surface area contributed by atoms with Gasteiger partial charge in [0.1, 0.15) is 0 Å². The monoisotopic (exact) mass is 299 g/mol. The van der Waals surface area contributed by atoms with Gasteiger partial charge in [0, 0.05) is 0 Å². The summed E-state index contributed by atoms with van der Waals surface area (Å²) in [6.07, 6.45) is 1.53. The predicted octanol–water partition coefficient (Wildman–Crippen LogP) is 3.39. The van der Waals surface area contributed by atoms with Gasteiger partial charge in [-0.25, -0.2) is 0 Å². The number of hydrogen-bond donors (Lipinski definition) is 0. The van der Waals surface area contributed by atoms with E-state index < -0.39 is 8.07 Å². The van der Waals surface area contributed by atoms with Crippen LogP contribution in [0.25, 0.3) is 0 Å². The molecule has 1 saturated carbocycles. The fourth-order valence-electron chi connectivity index (χ4n) is 3.45. The van der Waals surface area contributed by atoms with E-state index in [1.54, 1.807) is 0 Å². The number of para-hydroxylation sites is 1. The Balaban J connectivity index is 1.86. The summed E-state index contributed by atoms with van der Waals surface area (Å²) in [5, 5.41) is 0. The molecule has 0 aromatic heterocycles. The Labute approximate surface area is 126 Å². The van der Waals surface area contributed by atoms with Gasteiger partial charge >= 0.3 is 0 Å². The lowest BCUT2D eigenvalue weighted by molar-refractivity contribution is -0.122. The fourth-order valence-corrected chi connectivity index (χ4v) is 4.91. The minimum Gasteiger partial charge on any atom is -0.274 e. The molecule has 2 fully saturated rings. The molecule has 2 atom stereocenters. The van der Waals surface area contributed by atoms with Crippen LogP contribution >= 0.6 is 0 Å².